The van der Waals surface area contributed by atoms with Crippen molar-refractivity contribution in [1.82, 2.24) is 9.78 Å². The first kappa shape index (κ1) is 16.7. The minimum absolute atomic E-state index is 0.0774. The lowest BCUT2D eigenvalue weighted by Gasteiger charge is -2.19. The van der Waals surface area contributed by atoms with Gasteiger partial charge < -0.3 is 9.47 Å². The third-order valence-corrected chi connectivity index (χ3v) is 2.84. The number of aromatic nitrogens is 2. The van der Waals surface area contributed by atoms with E-state index in [-0.39, 0.29) is 12.1 Å². The molecule has 0 saturated heterocycles. The van der Waals surface area contributed by atoms with Gasteiger partial charge in [-0.15, -0.1) is 0 Å². The lowest BCUT2D eigenvalue weighted by Crippen LogP contribution is -2.26. The van der Waals surface area contributed by atoms with Crippen LogP contribution in [0, 0.1) is 0 Å². The molecule has 0 N–H and O–H groups in total. The van der Waals surface area contributed by atoms with Crippen molar-refractivity contribution in [2.75, 3.05) is 0 Å². The number of fused-ring (bicyclic) bond motifs is 1. The van der Waals surface area contributed by atoms with Gasteiger partial charge in [0.15, 0.2) is 0 Å². The molecule has 0 aliphatic carbocycles. The first-order chi connectivity index (χ1) is 10.7. The van der Waals surface area contributed by atoms with Crippen molar-refractivity contribution in [1.29, 1.82) is 0 Å². The van der Waals surface area contributed by atoms with Crippen molar-refractivity contribution in [2.24, 2.45) is 0 Å². The molecule has 7 nitrogen and oxygen atoms in total. The van der Waals surface area contributed by atoms with Crippen LogP contribution in [0.2, 0.25) is 0 Å². The predicted octanol–water partition coefficient (Wildman–Crippen LogP) is 2.08. The lowest BCUT2D eigenvalue weighted by atomic mass is 10.1. The Labute approximate surface area is 133 Å². The van der Waals surface area contributed by atoms with Crippen molar-refractivity contribution in [3.05, 3.63) is 30.0 Å². The highest BCUT2D eigenvalue weighted by Gasteiger charge is 2.19. The quantitative estimate of drug-likeness (QED) is 0.636. The number of hydrogen-bond donors (Lipinski definition) is 0. The van der Waals surface area contributed by atoms with E-state index in [9.17, 15) is 14.4 Å². The van der Waals surface area contributed by atoms with Gasteiger partial charge in [-0.2, -0.15) is 5.10 Å². The predicted molar refractivity (Wildman–Crippen MR) is 81.7 cm³/mol. The highest BCUT2D eigenvalue weighted by atomic mass is 16.6. The third-order valence-electron chi connectivity index (χ3n) is 2.84. The van der Waals surface area contributed by atoms with Gasteiger partial charge in [0.2, 0.25) is 0 Å². The molecule has 0 radical (unpaired) electrons. The van der Waals surface area contributed by atoms with Crippen molar-refractivity contribution in [3.8, 4) is 0 Å². The highest BCUT2D eigenvalue weighted by Crippen LogP contribution is 2.20. The van der Waals surface area contributed by atoms with Crippen molar-refractivity contribution >= 4 is 28.8 Å². The Bertz CT molecular complexity index is 770. The fourth-order valence-corrected chi connectivity index (χ4v) is 2.09. The fraction of sp³-hybridized carbons (Fsp3) is 0.375. The van der Waals surface area contributed by atoms with E-state index in [0.717, 1.165) is 6.92 Å². The summed E-state index contributed by atoms with van der Waals surface area (Å²) in [6, 6.07) is 4.89. The number of benzene rings is 1. The maximum atomic E-state index is 11.9. The van der Waals surface area contributed by atoms with E-state index in [1.165, 1.54) is 16.9 Å². The summed E-state index contributed by atoms with van der Waals surface area (Å²) in [6.07, 6.45) is 1.45. The average Bonchev–Trinajstić information content (AvgIpc) is 2.78. The van der Waals surface area contributed by atoms with Crippen LogP contribution in [-0.4, -0.2) is 33.3 Å². The number of ether oxygens (including phenoxy) is 2. The molecule has 122 valence electrons. The molecule has 1 heterocycles. The Morgan fingerprint density at radius 1 is 1.22 bits per heavy atom. The SMILES string of the molecule is CC(=O)OC(=O)c1cccc2c1cnn2CC(=O)OC(C)(C)C. The molecular formula is C16H18N2O5. The third kappa shape index (κ3) is 4.15. The molecule has 0 amide bonds. The average molecular weight is 318 g/mol. The molecule has 1 aromatic carbocycles. The molecule has 23 heavy (non-hydrogen) atoms. The molecule has 2 rings (SSSR count). The zero-order valence-corrected chi connectivity index (χ0v) is 13.5. The van der Waals surface area contributed by atoms with E-state index in [2.05, 4.69) is 9.84 Å². The Hall–Kier alpha value is -2.70. The molecule has 0 aliphatic rings. The Balaban J connectivity index is 2.30. The number of rotatable bonds is 3. The van der Waals surface area contributed by atoms with Crippen LogP contribution in [0.3, 0.4) is 0 Å². The summed E-state index contributed by atoms with van der Waals surface area (Å²) < 4.78 is 11.3. The molecule has 0 atom stereocenters. The van der Waals surface area contributed by atoms with Gasteiger partial charge in [0.05, 0.1) is 17.3 Å². The van der Waals surface area contributed by atoms with Gasteiger partial charge in [0, 0.05) is 12.3 Å². The number of hydrogen-bond acceptors (Lipinski definition) is 6. The lowest BCUT2D eigenvalue weighted by molar-refractivity contribution is -0.155. The maximum Gasteiger partial charge on any atom is 0.346 e. The standard InChI is InChI=1S/C16H18N2O5/c1-10(19)22-15(21)11-6-5-7-13-12(11)8-17-18(13)9-14(20)23-16(2,3)4/h5-8H,9H2,1-4H3. The number of nitrogens with zero attached hydrogens (tertiary/aromatic N) is 2. The van der Waals surface area contributed by atoms with Gasteiger partial charge in [-0.1, -0.05) is 6.07 Å². The highest BCUT2D eigenvalue weighted by molar-refractivity contribution is 6.06. The van der Waals surface area contributed by atoms with E-state index in [0.29, 0.717) is 10.9 Å². The fourth-order valence-electron chi connectivity index (χ4n) is 2.09. The van der Waals surface area contributed by atoms with Crippen LogP contribution in [0.1, 0.15) is 38.1 Å². The smallest absolute Gasteiger partial charge is 0.346 e. The van der Waals surface area contributed by atoms with E-state index < -0.39 is 23.5 Å². The van der Waals surface area contributed by atoms with Gasteiger partial charge >= 0.3 is 17.9 Å². The van der Waals surface area contributed by atoms with E-state index in [1.807, 2.05) is 0 Å². The summed E-state index contributed by atoms with van der Waals surface area (Å²) in [5.74, 6) is -1.87. The minimum atomic E-state index is -0.750. The molecule has 0 fully saturated rings. The summed E-state index contributed by atoms with van der Waals surface area (Å²) >= 11 is 0. The van der Waals surface area contributed by atoms with Gasteiger partial charge in [-0.3, -0.25) is 14.3 Å². The van der Waals surface area contributed by atoms with E-state index in [1.54, 1.807) is 32.9 Å². The van der Waals surface area contributed by atoms with Crippen LogP contribution < -0.4 is 0 Å². The molecular weight excluding hydrogens is 300 g/mol. The molecule has 0 spiro atoms. The van der Waals surface area contributed by atoms with Crippen LogP contribution in [0.15, 0.2) is 24.4 Å². The minimum Gasteiger partial charge on any atom is -0.459 e. The zero-order chi connectivity index (χ0) is 17.2. The molecule has 0 saturated carbocycles. The summed E-state index contributed by atoms with van der Waals surface area (Å²) in [6.45, 7) is 6.42. The maximum absolute atomic E-state index is 11.9. The van der Waals surface area contributed by atoms with Crippen molar-refractivity contribution in [2.45, 2.75) is 39.8 Å². The summed E-state index contributed by atoms with van der Waals surface area (Å²) in [4.78, 5) is 34.8. The van der Waals surface area contributed by atoms with Gasteiger partial charge in [-0.05, 0) is 32.9 Å². The number of esters is 3. The molecule has 1 aromatic heterocycles. The van der Waals surface area contributed by atoms with Gasteiger partial charge in [-0.25, -0.2) is 4.79 Å². The Morgan fingerprint density at radius 3 is 2.52 bits per heavy atom. The first-order valence-corrected chi connectivity index (χ1v) is 7.06. The summed E-state index contributed by atoms with van der Waals surface area (Å²) in [7, 11) is 0. The normalized spacial score (nSPS) is 11.3. The monoisotopic (exact) mass is 318 g/mol. The van der Waals surface area contributed by atoms with Crippen molar-refractivity contribution < 1.29 is 23.9 Å². The first-order valence-electron chi connectivity index (χ1n) is 7.06. The topological polar surface area (TPSA) is 87.5 Å². The largest absolute Gasteiger partial charge is 0.459 e. The van der Waals surface area contributed by atoms with Crippen LogP contribution in [0.25, 0.3) is 10.9 Å². The number of carbonyl (C=O) groups is 3. The van der Waals surface area contributed by atoms with Gasteiger partial charge in [0.1, 0.15) is 12.1 Å². The van der Waals surface area contributed by atoms with Gasteiger partial charge in [0.25, 0.3) is 0 Å². The molecule has 0 bridgehead atoms. The summed E-state index contributed by atoms with van der Waals surface area (Å²) in [5.41, 5.74) is 0.207. The van der Waals surface area contributed by atoms with Crippen LogP contribution in [-0.2, 0) is 25.6 Å². The summed E-state index contributed by atoms with van der Waals surface area (Å²) in [5, 5.41) is 4.61. The second kappa shape index (κ2) is 6.20. The van der Waals surface area contributed by atoms with E-state index in [4.69, 9.17) is 4.74 Å². The van der Waals surface area contributed by atoms with Crippen LogP contribution in [0.4, 0.5) is 0 Å². The molecule has 2 aromatic rings. The van der Waals surface area contributed by atoms with E-state index >= 15 is 0 Å². The van der Waals surface area contributed by atoms with Crippen molar-refractivity contribution in [3.63, 3.8) is 0 Å². The van der Waals surface area contributed by atoms with Crippen LogP contribution in [0.5, 0.6) is 0 Å². The molecule has 0 unspecified atom stereocenters. The van der Waals surface area contributed by atoms with Crippen LogP contribution >= 0.6 is 0 Å². The molecule has 0 aliphatic heterocycles. The Kier molecular flexibility index (Phi) is 4.49. The Morgan fingerprint density at radius 2 is 1.91 bits per heavy atom. The zero-order valence-electron chi connectivity index (χ0n) is 13.5. The number of carbonyl (C=O) groups excluding carboxylic acids is 3. The second-order valence-electron chi connectivity index (χ2n) is 6.01. The molecule has 7 heteroatoms. The second-order valence-corrected chi connectivity index (χ2v) is 6.01.